The van der Waals surface area contributed by atoms with Gasteiger partial charge >= 0.3 is 6.18 Å². The van der Waals surface area contributed by atoms with Gasteiger partial charge in [-0.3, -0.25) is 4.79 Å². The van der Waals surface area contributed by atoms with Gasteiger partial charge in [-0.1, -0.05) is 74.5 Å². The van der Waals surface area contributed by atoms with Crippen LogP contribution in [-0.4, -0.2) is 42.3 Å². The van der Waals surface area contributed by atoms with Crippen LogP contribution in [0.25, 0.3) is 5.57 Å². The van der Waals surface area contributed by atoms with E-state index in [9.17, 15) is 18.0 Å². The summed E-state index contributed by atoms with van der Waals surface area (Å²) in [7, 11) is 1.62. The van der Waals surface area contributed by atoms with E-state index >= 15 is 0 Å². The number of methoxy groups -OCH3 is 1. The van der Waals surface area contributed by atoms with E-state index in [1.807, 2.05) is 48.5 Å². The monoisotopic (exact) mass is 576 g/mol. The molecule has 42 heavy (non-hydrogen) atoms. The minimum absolute atomic E-state index is 0.0607. The molecule has 0 radical (unpaired) electrons. The molecule has 0 N–H and O–H groups in total. The van der Waals surface area contributed by atoms with Gasteiger partial charge in [0.05, 0.1) is 18.4 Å². The molecule has 5 rings (SSSR count). The molecule has 1 amide bonds. The molecule has 3 aromatic rings. The minimum Gasteiger partial charge on any atom is -0.497 e. The van der Waals surface area contributed by atoms with Crippen LogP contribution in [0.4, 0.5) is 13.2 Å². The number of benzene rings is 3. The Kier molecular flexibility index (Phi) is 7.92. The van der Waals surface area contributed by atoms with Crippen molar-refractivity contribution in [2.75, 3.05) is 20.2 Å². The number of alkyl halides is 3. The maximum Gasteiger partial charge on any atom is 0.416 e. The predicted molar refractivity (Wildman–Crippen MR) is 157 cm³/mol. The maximum absolute atomic E-state index is 13.6. The van der Waals surface area contributed by atoms with E-state index in [0.29, 0.717) is 43.5 Å². The molecule has 1 saturated heterocycles. The number of amides is 1. The Morgan fingerprint density at radius 1 is 0.929 bits per heavy atom. The van der Waals surface area contributed by atoms with Gasteiger partial charge < -0.3 is 14.5 Å². The lowest BCUT2D eigenvalue weighted by Gasteiger charge is -2.37. The SMILES string of the molecule is COc1cccc(C2=NOC3(CCN(C(=O)C=C(c4ccc(C(C)(C)C)cc4)c4ccc(C(F)(F)F)cc4)CC3)C2)c1. The van der Waals surface area contributed by atoms with Gasteiger partial charge in [0.25, 0.3) is 0 Å². The molecule has 1 fully saturated rings. The number of hydrogen-bond acceptors (Lipinski definition) is 4. The lowest BCUT2D eigenvalue weighted by molar-refractivity contribution is -0.137. The first-order valence-electron chi connectivity index (χ1n) is 14.1. The van der Waals surface area contributed by atoms with Crippen molar-refractivity contribution in [3.8, 4) is 5.75 Å². The normalized spacial score (nSPS) is 17.2. The first-order chi connectivity index (χ1) is 19.9. The second-order valence-corrected chi connectivity index (χ2v) is 12.0. The third kappa shape index (κ3) is 6.37. The van der Waals surface area contributed by atoms with Crippen molar-refractivity contribution in [1.29, 1.82) is 0 Å². The summed E-state index contributed by atoms with van der Waals surface area (Å²) in [6.07, 6.45) is -0.997. The van der Waals surface area contributed by atoms with Crippen LogP contribution in [0.2, 0.25) is 0 Å². The van der Waals surface area contributed by atoms with Crippen LogP contribution < -0.4 is 4.74 Å². The molecule has 2 aliphatic rings. The van der Waals surface area contributed by atoms with Gasteiger partial charge in [-0.05, 0) is 51.9 Å². The van der Waals surface area contributed by atoms with Gasteiger partial charge in [0.1, 0.15) is 11.4 Å². The van der Waals surface area contributed by atoms with Crippen molar-refractivity contribution in [3.63, 3.8) is 0 Å². The van der Waals surface area contributed by atoms with E-state index in [1.165, 1.54) is 12.1 Å². The Labute approximate surface area is 244 Å². The van der Waals surface area contributed by atoms with Gasteiger partial charge in [-0.25, -0.2) is 0 Å². The summed E-state index contributed by atoms with van der Waals surface area (Å²) < 4.78 is 45.0. The summed E-state index contributed by atoms with van der Waals surface area (Å²) in [6, 6.07) is 20.5. The Morgan fingerprint density at radius 2 is 1.52 bits per heavy atom. The van der Waals surface area contributed by atoms with Crippen LogP contribution >= 0.6 is 0 Å². The van der Waals surface area contributed by atoms with Gasteiger partial charge in [-0.15, -0.1) is 0 Å². The molecule has 8 heteroatoms. The average molecular weight is 577 g/mol. The molecule has 2 aliphatic heterocycles. The Morgan fingerprint density at radius 3 is 2.07 bits per heavy atom. The zero-order valence-electron chi connectivity index (χ0n) is 24.3. The quantitative estimate of drug-likeness (QED) is 0.294. The van der Waals surface area contributed by atoms with Crippen molar-refractivity contribution in [2.24, 2.45) is 5.16 Å². The molecule has 0 saturated carbocycles. The second kappa shape index (κ2) is 11.3. The Hall–Kier alpha value is -4.07. The topological polar surface area (TPSA) is 51.1 Å². The zero-order valence-corrected chi connectivity index (χ0v) is 24.3. The third-order valence-electron chi connectivity index (χ3n) is 8.08. The highest BCUT2D eigenvalue weighted by molar-refractivity contribution is 6.02. The first-order valence-corrected chi connectivity index (χ1v) is 14.1. The lowest BCUT2D eigenvalue weighted by Crippen LogP contribution is -2.46. The number of nitrogens with zero attached hydrogens (tertiary/aromatic N) is 2. The van der Waals surface area contributed by atoms with Gasteiger partial charge in [-0.2, -0.15) is 13.2 Å². The van der Waals surface area contributed by atoms with Crippen LogP contribution in [0.1, 0.15) is 67.9 Å². The molecule has 2 heterocycles. The molecule has 0 bridgehead atoms. The molecular formula is C34H35F3N2O3. The molecule has 0 aliphatic carbocycles. The van der Waals surface area contributed by atoms with Gasteiger partial charge in [0.2, 0.25) is 5.91 Å². The number of rotatable bonds is 5. The summed E-state index contributed by atoms with van der Waals surface area (Å²) in [5, 5.41) is 4.37. The highest BCUT2D eigenvalue weighted by atomic mass is 19.4. The Bertz CT molecular complexity index is 1430. The number of ether oxygens (including phenoxy) is 1. The highest BCUT2D eigenvalue weighted by Gasteiger charge is 2.43. The maximum atomic E-state index is 13.6. The number of likely N-dealkylation sites (tertiary alicyclic amines) is 1. The van der Waals surface area contributed by atoms with Crippen molar-refractivity contribution < 1.29 is 27.5 Å². The number of hydrogen-bond donors (Lipinski definition) is 0. The number of oxime groups is 1. The molecule has 0 atom stereocenters. The largest absolute Gasteiger partial charge is 0.497 e. The zero-order chi connectivity index (χ0) is 30.1. The smallest absolute Gasteiger partial charge is 0.416 e. The van der Waals surface area contributed by atoms with Crippen molar-refractivity contribution >= 4 is 17.2 Å². The highest BCUT2D eigenvalue weighted by Crippen LogP contribution is 2.37. The number of piperidine rings is 1. The van der Waals surface area contributed by atoms with Crippen LogP contribution in [0, 0.1) is 0 Å². The predicted octanol–water partition coefficient (Wildman–Crippen LogP) is 7.63. The standard InChI is InChI=1S/C34H35F3N2O3/c1-32(2,3)26-12-8-23(9-13-26)29(24-10-14-27(15-11-24)34(35,36)37)21-31(40)39-18-16-33(17-19-39)22-30(38-42-33)25-6-5-7-28(20-25)41-4/h5-15,20-21H,16-19,22H2,1-4H3. The molecule has 0 aromatic heterocycles. The van der Waals surface area contributed by atoms with Crippen molar-refractivity contribution in [2.45, 2.75) is 57.2 Å². The fourth-order valence-corrected chi connectivity index (χ4v) is 5.42. The fourth-order valence-electron chi connectivity index (χ4n) is 5.42. The van der Waals surface area contributed by atoms with E-state index in [-0.39, 0.29) is 11.3 Å². The molecule has 5 nitrogen and oxygen atoms in total. The van der Waals surface area contributed by atoms with Crippen LogP contribution in [0.3, 0.4) is 0 Å². The molecular weight excluding hydrogens is 541 g/mol. The van der Waals surface area contributed by atoms with Crippen molar-refractivity contribution in [3.05, 3.63) is 107 Å². The molecule has 220 valence electrons. The van der Waals surface area contributed by atoms with E-state index in [4.69, 9.17) is 9.57 Å². The first kappa shape index (κ1) is 29.4. The fraction of sp³-hybridized carbons (Fsp3) is 0.353. The number of carbonyl (C=O) groups excluding carboxylic acids is 1. The van der Waals surface area contributed by atoms with Gasteiger partial charge in [0, 0.05) is 44.0 Å². The molecule has 3 aromatic carbocycles. The van der Waals surface area contributed by atoms with E-state index in [1.54, 1.807) is 18.1 Å². The van der Waals surface area contributed by atoms with Crippen LogP contribution in [0.15, 0.2) is 84.0 Å². The van der Waals surface area contributed by atoms with Crippen molar-refractivity contribution in [1.82, 2.24) is 4.90 Å². The number of halogens is 3. The van der Waals surface area contributed by atoms with E-state index in [0.717, 1.165) is 40.3 Å². The minimum atomic E-state index is -4.44. The summed E-state index contributed by atoms with van der Waals surface area (Å²) in [5.74, 6) is 0.562. The van der Waals surface area contributed by atoms with Crippen LogP contribution in [-0.2, 0) is 21.2 Å². The van der Waals surface area contributed by atoms with E-state index < -0.39 is 17.3 Å². The molecule has 0 unspecified atom stereocenters. The third-order valence-corrected chi connectivity index (χ3v) is 8.08. The average Bonchev–Trinajstić information content (AvgIpc) is 3.39. The summed E-state index contributed by atoms with van der Waals surface area (Å²) in [4.78, 5) is 21.3. The number of carbonyl (C=O) groups is 1. The molecule has 1 spiro atoms. The van der Waals surface area contributed by atoms with Crippen LogP contribution in [0.5, 0.6) is 5.75 Å². The Balaban J connectivity index is 1.34. The second-order valence-electron chi connectivity index (χ2n) is 12.0. The lowest BCUT2D eigenvalue weighted by atomic mass is 9.85. The summed E-state index contributed by atoms with van der Waals surface area (Å²) in [6.45, 7) is 7.30. The summed E-state index contributed by atoms with van der Waals surface area (Å²) in [5.41, 5.74) is 3.57. The summed E-state index contributed by atoms with van der Waals surface area (Å²) >= 11 is 0. The van der Waals surface area contributed by atoms with Gasteiger partial charge in [0.15, 0.2) is 0 Å². The van der Waals surface area contributed by atoms with E-state index in [2.05, 4.69) is 25.9 Å².